The molecule has 118 valence electrons. The number of carbonyl (C=O) groups is 1. The van der Waals surface area contributed by atoms with Crippen molar-refractivity contribution < 1.29 is 4.79 Å². The van der Waals surface area contributed by atoms with Crippen LogP contribution in [0.1, 0.15) is 20.3 Å². The quantitative estimate of drug-likeness (QED) is 0.450. The van der Waals surface area contributed by atoms with Gasteiger partial charge in [0.2, 0.25) is 23.8 Å². The largest absolute Gasteiger partial charge is 0.354 e. The minimum atomic E-state index is 0.0395. The van der Waals surface area contributed by atoms with Crippen LogP contribution in [0.15, 0.2) is 0 Å². The van der Waals surface area contributed by atoms with Gasteiger partial charge < -0.3 is 15.1 Å². The van der Waals surface area contributed by atoms with E-state index in [0.717, 1.165) is 13.1 Å². The van der Waals surface area contributed by atoms with E-state index in [1.165, 1.54) is 0 Å². The fraction of sp³-hybridized carbons (Fsp3) is 0.667. The van der Waals surface area contributed by atoms with E-state index in [4.69, 9.17) is 5.84 Å². The van der Waals surface area contributed by atoms with Crippen molar-refractivity contribution in [2.45, 2.75) is 20.3 Å². The molecule has 9 nitrogen and oxygen atoms in total. The van der Waals surface area contributed by atoms with Crippen LogP contribution in [0.4, 0.5) is 17.8 Å². The van der Waals surface area contributed by atoms with Gasteiger partial charge >= 0.3 is 0 Å². The number of anilines is 3. The first kappa shape index (κ1) is 16.9. The van der Waals surface area contributed by atoms with Gasteiger partial charge in [-0.2, -0.15) is 15.0 Å². The number of hydrazine groups is 1. The summed E-state index contributed by atoms with van der Waals surface area (Å²) in [6.07, 6.45) is 0.366. The third kappa shape index (κ3) is 5.03. The van der Waals surface area contributed by atoms with E-state index in [2.05, 4.69) is 25.7 Å². The molecule has 0 aromatic carbocycles. The molecule has 21 heavy (non-hydrogen) atoms. The minimum absolute atomic E-state index is 0.0395. The first-order valence-corrected chi connectivity index (χ1v) is 6.93. The van der Waals surface area contributed by atoms with Gasteiger partial charge in [-0.25, -0.2) is 5.84 Å². The van der Waals surface area contributed by atoms with E-state index in [1.54, 1.807) is 19.0 Å². The van der Waals surface area contributed by atoms with Crippen molar-refractivity contribution in [3.63, 3.8) is 0 Å². The molecule has 1 rings (SSSR count). The molecule has 1 aromatic heterocycles. The number of aromatic nitrogens is 3. The number of nitrogens with two attached hydrogens (primary N) is 1. The van der Waals surface area contributed by atoms with Crippen molar-refractivity contribution in [3.8, 4) is 0 Å². The Morgan fingerprint density at radius 2 is 1.76 bits per heavy atom. The number of amides is 1. The molecule has 1 aromatic rings. The number of rotatable bonds is 8. The van der Waals surface area contributed by atoms with Gasteiger partial charge in [0, 0.05) is 40.2 Å². The molecule has 0 bridgehead atoms. The van der Waals surface area contributed by atoms with E-state index < -0.39 is 0 Å². The molecule has 0 spiro atoms. The molecule has 9 heteroatoms. The topological polar surface area (TPSA) is 112 Å². The van der Waals surface area contributed by atoms with Gasteiger partial charge in [-0.05, 0) is 13.8 Å². The Bertz CT molecular complexity index is 461. The van der Waals surface area contributed by atoms with Gasteiger partial charge in [-0.3, -0.25) is 10.2 Å². The van der Waals surface area contributed by atoms with E-state index in [-0.39, 0.29) is 11.9 Å². The number of carbonyl (C=O) groups excluding carboxylic acids is 1. The first-order chi connectivity index (χ1) is 10.0. The van der Waals surface area contributed by atoms with Gasteiger partial charge in [0.1, 0.15) is 0 Å². The molecular weight excluding hydrogens is 272 g/mol. The highest BCUT2D eigenvalue weighted by molar-refractivity contribution is 5.76. The van der Waals surface area contributed by atoms with E-state index in [0.29, 0.717) is 24.9 Å². The average Bonchev–Trinajstić information content (AvgIpc) is 2.48. The maximum atomic E-state index is 11.5. The van der Waals surface area contributed by atoms with Crippen molar-refractivity contribution >= 4 is 23.8 Å². The molecule has 0 aliphatic rings. The SMILES string of the molecule is CCN(CC)c1nc(NN)nc(NCCC(=O)N(C)C)n1. The standard InChI is InChI=1S/C12H24N8O/c1-5-20(6-2)12-16-10(15-11(17-12)18-13)14-8-7-9(21)19(3)4/h5-8,13H2,1-4H3,(H2,14,15,16,17,18). The lowest BCUT2D eigenvalue weighted by Crippen LogP contribution is -2.27. The zero-order chi connectivity index (χ0) is 15.8. The van der Waals surface area contributed by atoms with Crippen LogP contribution in [0, 0.1) is 0 Å². The van der Waals surface area contributed by atoms with E-state index in [9.17, 15) is 4.79 Å². The highest BCUT2D eigenvalue weighted by Crippen LogP contribution is 2.12. The predicted octanol–water partition coefficient (Wildman–Crippen LogP) is -0.106. The predicted molar refractivity (Wildman–Crippen MR) is 83.0 cm³/mol. The lowest BCUT2D eigenvalue weighted by atomic mass is 10.4. The fourth-order valence-electron chi connectivity index (χ4n) is 1.66. The van der Waals surface area contributed by atoms with Crippen LogP contribution in [0.2, 0.25) is 0 Å². The third-order valence-corrected chi connectivity index (χ3v) is 2.92. The van der Waals surface area contributed by atoms with Gasteiger partial charge in [-0.15, -0.1) is 0 Å². The maximum absolute atomic E-state index is 11.5. The van der Waals surface area contributed by atoms with Crippen LogP contribution in [0.25, 0.3) is 0 Å². The van der Waals surface area contributed by atoms with E-state index >= 15 is 0 Å². The molecule has 0 radical (unpaired) electrons. The Kier molecular flexibility index (Phi) is 6.60. The van der Waals surface area contributed by atoms with Crippen molar-refractivity contribution in [1.29, 1.82) is 0 Å². The average molecular weight is 296 g/mol. The number of nitrogens with zero attached hydrogens (tertiary/aromatic N) is 5. The number of hydrogen-bond acceptors (Lipinski definition) is 8. The number of hydrogen-bond donors (Lipinski definition) is 3. The first-order valence-electron chi connectivity index (χ1n) is 6.93. The summed E-state index contributed by atoms with van der Waals surface area (Å²) in [5, 5.41) is 3.02. The summed E-state index contributed by atoms with van der Waals surface area (Å²) < 4.78 is 0. The second-order valence-electron chi connectivity index (χ2n) is 4.56. The normalized spacial score (nSPS) is 10.1. The van der Waals surface area contributed by atoms with Gasteiger partial charge in [0.15, 0.2) is 0 Å². The molecule has 4 N–H and O–H groups in total. The highest BCUT2D eigenvalue weighted by Gasteiger charge is 2.11. The van der Waals surface area contributed by atoms with Gasteiger partial charge in [0.25, 0.3) is 0 Å². The fourth-order valence-corrected chi connectivity index (χ4v) is 1.66. The minimum Gasteiger partial charge on any atom is -0.354 e. The second-order valence-corrected chi connectivity index (χ2v) is 4.56. The molecule has 0 unspecified atom stereocenters. The smallest absolute Gasteiger partial charge is 0.243 e. The van der Waals surface area contributed by atoms with Gasteiger partial charge in [0.05, 0.1) is 0 Å². The second kappa shape index (κ2) is 8.20. The summed E-state index contributed by atoms with van der Waals surface area (Å²) in [5.74, 6) is 6.64. The molecule has 0 atom stereocenters. The van der Waals surface area contributed by atoms with Crippen molar-refractivity contribution in [2.24, 2.45) is 5.84 Å². The summed E-state index contributed by atoms with van der Waals surface area (Å²) in [4.78, 5) is 27.7. The molecule has 0 fully saturated rings. The molecule has 0 aliphatic carbocycles. The van der Waals surface area contributed by atoms with Crippen LogP contribution in [0.3, 0.4) is 0 Å². The summed E-state index contributed by atoms with van der Waals surface area (Å²) in [5.41, 5.74) is 2.42. The Morgan fingerprint density at radius 3 is 2.29 bits per heavy atom. The van der Waals surface area contributed by atoms with Crippen molar-refractivity contribution in [2.75, 3.05) is 49.4 Å². The Morgan fingerprint density at radius 1 is 1.14 bits per heavy atom. The zero-order valence-corrected chi connectivity index (χ0v) is 13.1. The van der Waals surface area contributed by atoms with Gasteiger partial charge in [-0.1, -0.05) is 0 Å². The van der Waals surface area contributed by atoms with E-state index in [1.807, 2.05) is 18.7 Å². The van der Waals surface area contributed by atoms with Crippen LogP contribution < -0.4 is 21.5 Å². The van der Waals surface area contributed by atoms with Crippen LogP contribution in [-0.4, -0.2) is 59.5 Å². The Hall–Kier alpha value is -2.16. The zero-order valence-electron chi connectivity index (χ0n) is 13.1. The molecule has 1 heterocycles. The van der Waals surface area contributed by atoms with Crippen LogP contribution in [-0.2, 0) is 4.79 Å². The Balaban J connectivity index is 2.77. The maximum Gasteiger partial charge on any atom is 0.243 e. The molecular formula is C12H24N8O. The molecule has 0 saturated carbocycles. The highest BCUT2D eigenvalue weighted by atomic mass is 16.2. The summed E-state index contributed by atoms with van der Waals surface area (Å²) in [6.45, 7) is 6.05. The van der Waals surface area contributed by atoms with Crippen LogP contribution >= 0.6 is 0 Å². The van der Waals surface area contributed by atoms with Crippen molar-refractivity contribution in [3.05, 3.63) is 0 Å². The molecule has 1 amide bonds. The number of nitrogens with one attached hydrogen (secondary N) is 2. The summed E-state index contributed by atoms with van der Waals surface area (Å²) in [6, 6.07) is 0. The van der Waals surface area contributed by atoms with Crippen LogP contribution in [0.5, 0.6) is 0 Å². The summed E-state index contributed by atoms with van der Waals surface area (Å²) >= 11 is 0. The molecule has 0 saturated heterocycles. The molecule has 0 aliphatic heterocycles. The lowest BCUT2D eigenvalue weighted by molar-refractivity contribution is -0.128. The van der Waals surface area contributed by atoms with Crippen molar-refractivity contribution in [1.82, 2.24) is 19.9 Å². The third-order valence-electron chi connectivity index (χ3n) is 2.92. The lowest BCUT2D eigenvalue weighted by Gasteiger charge is -2.19. The summed E-state index contributed by atoms with van der Waals surface area (Å²) in [7, 11) is 3.44. The monoisotopic (exact) mass is 296 g/mol. The number of nitrogen functional groups attached to an aromatic ring is 1. The Labute approximate surface area is 124 Å².